The van der Waals surface area contributed by atoms with Gasteiger partial charge in [0.1, 0.15) is 17.3 Å². The van der Waals surface area contributed by atoms with Crippen LogP contribution in [0.1, 0.15) is 60.7 Å². The Balaban J connectivity index is 1.56. The molecule has 2 unspecified atom stereocenters. The summed E-state index contributed by atoms with van der Waals surface area (Å²) >= 11 is 0. The molecule has 1 fully saturated rings. The summed E-state index contributed by atoms with van der Waals surface area (Å²) in [5.74, 6) is 0.0349. The molecule has 0 saturated carbocycles. The Hall–Kier alpha value is -2.44. The summed E-state index contributed by atoms with van der Waals surface area (Å²) in [5.41, 5.74) is 4.83. The van der Waals surface area contributed by atoms with Gasteiger partial charge < -0.3 is 14.9 Å². The van der Waals surface area contributed by atoms with Gasteiger partial charge in [0.05, 0.1) is 6.04 Å². The van der Waals surface area contributed by atoms with Crippen molar-refractivity contribution in [1.82, 2.24) is 15.4 Å². The molecule has 2 aliphatic heterocycles. The molecule has 1 aromatic heterocycles. The van der Waals surface area contributed by atoms with Crippen LogP contribution in [-0.4, -0.2) is 21.7 Å². The van der Waals surface area contributed by atoms with Gasteiger partial charge in [-0.3, -0.25) is 4.90 Å². The molecule has 2 N–H and O–H groups in total. The standard InChI is InChI=1S/C22H24FN3O2/c1-13(21-17-12-24-11-14(17)5-8-19(21)27)26-9-3-2-4-18(26)22-16-7-6-15(23)10-20(16)28-25-22/h5-8,10,13,18,24,27H,2-4,9,11-12H2,1H3. The topological polar surface area (TPSA) is 61.5 Å². The number of aromatic hydroxyl groups is 1. The van der Waals surface area contributed by atoms with Crippen LogP contribution in [0.3, 0.4) is 0 Å². The molecule has 5 rings (SSSR count). The zero-order valence-corrected chi connectivity index (χ0v) is 15.9. The molecule has 2 aromatic carbocycles. The molecule has 2 aliphatic rings. The summed E-state index contributed by atoms with van der Waals surface area (Å²) in [6.07, 6.45) is 3.19. The van der Waals surface area contributed by atoms with E-state index in [0.29, 0.717) is 11.3 Å². The van der Waals surface area contributed by atoms with Gasteiger partial charge in [0, 0.05) is 36.1 Å². The Kier molecular flexibility index (Phi) is 4.33. The summed E-state index contributed by atoms with van der Waals surface area (Å²) < 4.78 is 19.0. The lowest BCUT2D eigenvalue weighted by Gasteiger charge is -2.40. The number of halogens is 1. The number of hydrogen-bond donors (Lipinski definition) is 2. The lowest BCUT2D eigenvalue weighted by Crippen LogP contribution is -2.36. The number of phenolic OH excluding ortho intramolecular Hbond substituents is 1. The van der Waals surface area contributed by atoms with Gasteiger partial charge in [0.2, 0.25) is 0 Å². The summed E-state index contributed by atoms with van der Waals surface area (Å²) in [7, 11) is 0. The van der Waals surface area contributed by atoms with Crippen molar-refractivity contribution in [2.75, 3.05) is 6.54 Å². The number of phenols is 1. The lowest BCUT2D eigenvalue weighted by molar-refractivity contribution is 0.0969. The second kappa shape index (κ2) is 6.87. The highest BCUT2D eigenvalue weighted by Gasteiger charge is 2.34. The Bertz CT molecular complexity index is 1030. The van der Waals surface area contributed by atoms with Crippen molar-refractivity contribution in [3.8, 4) is 5.75 Å². The minimum atomic E-state index is -0.318. The fourth-order valence-corrected chi connectivity index (χ4v) is 4.91. The lowest BCUT2D eigenvalue weighted by atomic mass is 9.91. The molecule has 1 saturated heterocycles. The minimum Gasteiger partial charge on any atom is -0.508 e. The molecule has 3 aromatic rings. The van der Waals surface area contributed by atoms with Gasteiger partial charge in [-0.25, -0.2) is 4.39 Å². The number of nitrogens with one attached hydrogen (secondary N) is 1. The molecule has 2 atom stereocenters. The van der Waals surface area contributed by atoms with Crippen LogP contribution in [0.15, 0.2) is 34.9 Å². The predicted octanol–water partition coefficient (Wildman–Crippen LogP) is 4.56. The molecule has 28 heavy (non-hydrogen) atoms. The van der Waals surface area contributed by atoms with E-state index in [1.165, 1.54) is 23.3 Å². The van der Waals surface area contributed by atoms with E-state index in [1.54, 1.807) is 6.07 Å². The number of hydrogen-bond acceptors (Lipinski definition) is 5. The van der Waals surface area contributed by atoms with Crippen LogP contribution in [0.5, 0.6) is 5.75 Å². The average Bonchev–Trinajstić information content (AvgIpc) is 3.34. The van der Waals surface area contributed by atoms with Crippen molar-refractivity contribution >= 4 is 11.0 Å². The van der Waals surface area contributed by atoms with E-state index in [4.69, 9.17) is 4.52 Å². The molecule has 146 valence electrons. The maximum atomic E-state index is 13.6. The van der Waals surface area contributed by atoms with Crippen LogP contribution < -0.4 is 5.32 Å². The predicted molar refractivity (Wildman–Crippen MR) is 104 cm³/mol. The number of fused-ring (bicyclic) bond motifs is 2. The quantitative estimate of drug-likeness (QED) is 0.696. The monoisotopic (exact) mass is 381 g/mol. The van der Waals surface area contributed by atoms with E-state index < -0.39 is 0 Å². The van der Waals surface area contributed by atoms with E-state index in [2.05, 4.69) is 22.3 Å². The third kappa shape index (κ3) is 2.79. The molecule has 5 nitrogen and oxygen atoms in total. The van der Waals surface area contributed by atoms with Crippen LogP contribution in [0.4, 0.5) is 4.39 Å². The Morgan fingerprint density at radius 3 is 3.04 bits per heavy atom. The van der Waals surface area contributed by atoms with Gasteiger partial charge in [-0.15, -0.1) is 0 Å². The van der Waals surface area contributed by atoms with Gasteiger partial charge in [-0.05, 0) is 55.6 Å². The van der Waals surface area contributed by atoms with Gasteiger partial charge >= 0.3 is 0 Å². The maximum Gasteiger partial charge on any atom is 0.170 e. The minimum absolute atomic E-state index is 0.0485. The first kappa shape index (κ1) is 17.6. The van der Waals surface area contributed by atoms with E-state index in [1.807, 2.05) is 12.1 Å². The van der Waals surface area contributed by atoms with E-state index in [9.17, 15) is 9.50 Å². The number of nitrogens with zero attached hydrogens (tertiary/aromatic N) is 2. The zero-order chi connectivity index (χ0) is 19.3. The van der Waals surface area contributed by atoms with Crippen LogP contribution in [0.2, 0.25) is 0 Å². The first-order valence-corrected chi connectivity index (χ1v) is 9.98. The molecule has 0 bridgehead atoms. The maximum absolute atomic E-state index is 13.6. The van der Waals surface area contributed by atoms with Crippen molar-refractivity contribution < 1.29 is 14.0 Å². The molecule has 6 heteroatoms. The Morgan fingerprint density at radius 2 is 2.14 bits per heavy atom. The number of benzene rings is 2. The summed E-state index contributed by atoms with van der Waals surface area (Å²) in [5, 5.41) is 19.2. The van der Waals surface area contributed by atoms with Gasteiger partial charge in [0.25, 0.3) is 0 Å². The molecule has 0 amide bonds. The summed E-state index contributed by atoms with van der Waals surface area (Å²) in [4.78, 5) is 2.41. The van der Waals surface area contributed by atoms with Crippen LogP contribution >= 0.6 is 0 Å². The average molecular weight is 381 g/mol. The number of piperidine rings is 1. The number of aromatic nitrogens is 1. The summed E-state index contributed by atoms with van der Waals surface area (Å²) in [6.45, 7) is 4.72. The van der Waals surface area contributed by atoms with Gasteiger partial charge in [-0.1, -0.05) is 17.6 Å². The largest absolute Gasteiger partial charge is 0.508 e. The fraction of sp³-hybridized carbons (Fsp3) is 0.409. The van der Waals surface area contributed by atoms with E-state index in [0.717, 1.165) is 55.5 Å². The third-order valence-corrected chi connectivity index (χ3v) is 6.29. The SMILES string of the molecule is CC(c1c(O)ccc2c1CNC2)N1CCCCC1c1noc2cc(F)ccc12. The Morgan fingerprint density at radius 1 is 1.25 bits per heavy atom. The number of likely N-dealkylation sites (tertiary alicyclic amines) is 1. The highest BCUT2D eigenvalue weighted by molar-refractivity contribution is 5.79. The first-order valence-electron chi connectivity index (χ1n) is 9.98. The van der Waals surface area contributed by atoms with Crippen molar-refractivity contribution in [1.29, 1.82) is 0 Å². The Labute approximate surface area is 163 Å². The highest BCUT2D eigenvalue weighted by Crippen LogP contribution is 2.43. The molecule has 3 heterocycles. The zero-order valence-electron chi connectivity index (χ0n) is 15.9. The van der Waals surface area contributed by atoms with E-state index >= 15 is 0 Å². The molecule has 0 spiro atoms. The van der Waals surface area contributed by atoms with Crippen molar-refractivity contribution in [2.45, 2.75) is 51.4 Å². The first-order chi connectivity index (χ1) is 13.6. The molecular formula is C22H24FN3O2. The highest BCUT2D eigenvalue weighted by atomic mass is 19.1. The van der Waals surface area contributed by atoms with Crippen molar-refractivity contribution in [3.05, 3.63) is 58.5 Å². The van der Waals surface area contributed by atoms with Crippen LogP contribution in [0.25, 0.3) is 11.0 Å². The summed E-state index contributed by atoms with van der Waals surface area (Å²) in [6, 6.07) is 8.56. The van der Waals surface area contributed by atoms with Gasteiger partial charge in [0.15, 0.2) is 5.58 Å². The van der Waals surface area contributed by atoms with E-state index in [-0.39, 0.29) is 17.9 Å². The smallest absolute Gasteiger partial charge is 0.170 e. The van der Waals surface area contributed by atoms with Crippen LogP contribution in [0, 0.1) is 5.82 Å². The second-order valence-corrected chi connectivity index (χ2v) is 7.87. The fourth-order valence-electron chi connectivity index (χ4n) is 4.91. The number of rotatable bonds is 3. The third-order valence-electron chi connectivity index (χ3n) is 6.29. The van der Waals surface area contributed by atoms with Crippen molar-refractivity contribution in [3.63, 3.8) is 0 Å². The van der Waals surface area contributed by atoms with Crippen LogP contribution in [-0.2, 0) is 13.1 Å². The molecular weight excluding hydrogens is 357 g/mol. The van der Waals surface area contributed by atoms with Crippen molar-refractivity contribution in [2.24, 2.45) is 0 Å². The van der Waals surface area contributed by atoms with Gasteiger partial charge in [-0.2, -0.15) is 0 Å². The molecule has 0 aliphatic carbocycles. The second-order valence-electron chi connectivity index (χ2n) is 7.87. The molecule has 0 radical (unpaired) electrons. The normalized spacial score (nSPS) is 21.1.